The van der Waals surface area contributed by atoms with Gasteiger partial charge in [-0.05, 0) is 223 Å². The van der Waals surface area contributed by atoms with Crippen molar-refractivity contribution in [1.82, 2.24) is 9.13 Å². The van der Waals surface area contributed by atoms with E-state index in [2.05, 4.69) is 617 Å². The van der Waals surface area contributed by atoms with Gasteiger partial charge in [-0.3, -0.25) is 0 Å². The third-order valence-electron chi connectivity index (χ3n) is 28.6. The number of aromatic nitrogens is 2. The number of halogens is 2. The number of fused-ring (bicyclic) bond motifs is 9. The number of benzene rings is 24. The fourth-order valence-electron chi connectivity index (χ4n) is 22.3. The first-order valence-electron chi connectivity index (χ1n) is 50.9. The smallest absolute Gasteiger partial charge is 0.0632 e. The van der Waals surface area contributed by atoms with Gasteiger partial charge in [-0.25, -0.2) is 0 Å². The predicted octanol–water partition coefficient (Wildman–Crippen LogP) is 41.0. The molecule has 0 saturated carbocycles. The third-order valence-corrected chi connectivity index (χ3v) is 29.6. The standard InChI is InChI=1S/C48H32BrN.C48H33N.C37H26.C12H9Br/c49-39-29-30-42-41(32-39)47-45(36-23-12-4-13-24-36)43(34-19-8-2-9-20-34)44(35-21-10-3-11-22-35)46(37-25-14-5-15-26-37)48(47)50(42)40-28-16-27-38(31-40)33-17-6-1-7-18-33;1-6-19-34(20-7-1)39-29-18-30-40(33-39)49-42-32-17-16-31-41(42)47-45(37-25-12-4-13-26-37)43(35-21-8-2-9-22-35)44(36-23-10-3-11-24-36)46(48(47)49)38-27-14-5-15-28-38;1-5-15-26(16-6-1)33-32-25-30-23-13-14-24-31(30)37(32)36(29-21-11-4-12-22-29)35(28-19-9-3-10-20-28)34(33)27-17-7-2-8-18-27;13-12-8-4-7-11(9-12)10-5-2-1-3-6-10/h1-32H;1-33H;1-24H,25H2;1-9H. The summed E-state index contributed by atoms with van der Waals surface area (Å²) in [5, 5.41) is 4.92. The maximum absolute atomic E-state index is 3.88. The van der Waals surface area contributed by atoms with E-state index in [0.717, 1.165) is 32.3 Å². The Bertz CT molecular complexity index is 9240. The summed E-state index contributed by atoms with van der Waals surface area (Å²) in [6.45, 7) is 0. The fourth-order valence-corrected chi connectivity index (χ4v) is 23.1. The number of hydrogen-bond acceptors (Lipinski definition) is 0. The van der Waals surface area contributed by atoms with E-state index in [9.17, 15) is 0 Å². The maximum atomic E-state index is 3.88. The molecule has 0 amide bonds. The molecular weight excluding hydrogens is 1930 g/mol. The van der Waals surface area contributed by atoms with Gasteiger partial charge in [-0.1, -0.05) is 566 Å². The highest BCUT2D eigenvalue weighted by Crippen LogP contribution is 2.60. The van der Waals surface area contributed by atoms with Gasteiger partial charge < -0.3 is 9.13 Å². The van der Waals surface area contributed by atoms with E-state index in [-0.39, 0.29) is 0 Å². The minimum atomic E-state index is 0.935. The minimum Gasteiger partial charge on any atom is -0.309 e. The molecule has 704 valence electrons. The quantitative estimate of drug-likeness (QED) is 0.0860. The molecule has 4 heteroatoms. The van der Waals surface area contributed by atoms with Gasteiger partial charge in [0.1, 0.15) is 0 Å². The Morgan fingerprint density at radius 1 is 0.148 bits per heavy atom. The zero-order valence-corrected chi connectivity index (χ0v) is 85.1. The molecule has 2 nitrogen and oxygen atoms in total. The van der Waals surface area contributed by atoms with Crippen LogP contribution < -0.4 is 0 Å². The SMILES string of the molecule is Brc1ccc2c(c1)c1c(-c3ccccc3)c(-c3ccccc3)c(-c3ccccc3)c(-c3ccccc3)c1n2-c1cccc(-c2ccccc2)c1.Brc1cccc(-c2ccccc2)c1.c1ccc(-c2c3c(c(-c4ccccc4)c(-c4ccccc4)c2-c2ccccc2)-c2ccccc2C3)cc1.c1ccc(-c2cccc(-n3c4ccccc4c4c(-c5ccccc5)c(-c5ccccc5)c(-c5ccccc5)c(-c5ccccc5)c43)c2)cc1. The molecule has 1 aliphatic carbocycles. The summed E-state index contributed by atoms with van der Waals surface area (Å²) < 4.78 is 7.18. The lowest BCUT2D eigenvalue weighted by Gasteiger charge is -2.25. The number of para-hydroxylation sites is 1. The Morgan fingerprint density at radius 3 is 0.732 bits per heavy atom. The number of hydrogen-bond donors (Lipinski definition) is 0. The average molecular weight is 2030 g/mol. The van der Waals surface area contributed by atoms with Crippen molar-refractivity contribution in [2.75, 3.05) is 0 Å². The van der Waals surface area contributed by atoms with Crippen LogP contribution in [0.15, 0.2) is 603 Å². The molecule has 0 saturated heterocycles. The molecule has 0 spiro atoms. The lowest BCUT2D eigenvalue weighted by Crippen LogP contribution is -2.01. The molecule has 0 atom stereocenters. The summed E-state index contributed by atoms with van der Waals surface area (Å²) in [4.78, 5) is 0. The van der Waals surface area contributed by atoms with Gasteiger partial charge in [-0.2, -0.15) is 0 Å². The fraction of sp³-hybridized carbons (Fsp3) is 0.00690. The Morgan fingerprint density at radius 2 is 0.383 bits per heavy atom. The largest absolute Gasteiger partial charge is 0.309 e. The number of rotatable bonds is 17. The summed E-state index contributed by atoms with van der Waals surface area (Å²) in [6.07, 6.45) is 0.935. The van der Waals surface area contributed by atoms with Crippen LogP contribution in [0.2, 0.25) is 0 Å². The van der Waals surface area contributed by atoms with Crippen LogP contribution >= 0.6 is 31.9 Å². The van der Waals surface area contributed by atoms with Gasteiger partial charge in [0.25, 0.3) is 0 Å². The minimum absolute atomic E-state index is 0.935. The molecular formula is C145H100Br2N2. The van der Waals surface area contributed by atoms with Crippen LogP contribution in [0.1, 0.15) is 11.1 Å². The van der Waals surface area contributed by atoms with E-state index >= 15 is 0 Å². The van der Waals surface area contributed by atoms with Gasteiger partial charge in [0.05, 0.1) is 22.1 Å². The first-order chi connectivity index (χ1) is 73.9. The van der Waals surface area contributed by atoms with Crippen molar-refractivity contribution in [1.29, 1.82) is 0 Å². The van der Waals surface area contributed by atoms with Gasteiger partial charge >= 0.3 is 0 Å². The van der Waals surface area contributed by atoms with E-state index in [1.54, 1.807) is 0 Å². The highest BCUT2D eigenvalue weighted by molar-refractivity contribution is 9.10. The molecule has 2 heterocycles. The van der Waals surface area contributed by atoms with E-state index in [1.165, 1.54) is 227 Å². The van der Waals surface area contributed by atoms with Gasteiger partial charge in [0.2, 0.25) is 0 Å². The highest BCUT2D eigenvalue weighted by Gasteiger charge is 2.35. The molecule has 26 aromatic rings. The first-order valence-corrected chi connectivity index (χ1v) is 52.5. The molecule has 0 N–H and O–H groups in total. The monoisotopic (exact) mass is 2030 g/mol. The molecule has 0 radical (unpaired) electrons. The van der Waals surface area contributed by atoms with Crippen LogP contribution in [-0.4, -0.2) is 9.13 Å². The zero-order chi connectivity index (χ0) is 99.7. The summed E-state index contributed by atoms with van der Waals surface area (Å²) in [5.74, 6) is 0. The Kier molecular flexibility index (Phi) is 26.7. The van der Waals surface area contributed by atoms with Crippen molar-refractivity contribution in [2.24, 2.45) is 0 Å². The van der Waals surface area contributed by atoms with E-state index < -0.39 is 0 Å². The number of nitrogens with zero attached hydrogens (tertiary/aromatic N) is 2. The molecule has 27 rings (SSSR count). The van der Waals surface area contributed by atoms with Crippen LogP contribution in [0.3, 0.4) is 0 Å². The van der Waals surface area contributed by atoms with Crippen molar-refractivity contribution in [3.05, 3.63) is 615 Å². The van der Waals surface area contributed by atoms with Crippen LogP contribution in [0, 0.1) is 0 Å². The Hall–Kier alpha value is -18.2. The van der Waals surface area contributed by atoms with Gasteiger partial charge in [0, 0.05) is 75.2 Å². The maximum Gasteiger partial charge on any atom is 0.0632 e. The second-order valence-corrected chi connectivity index (χ2v) is 39.4. The van der Waals surface area contributed by atoms with Crippen molar-refractivity contribution < 1.29 is 0 Å². The van der Waals surface area contributed by atoms with Crippen molar-refractivity contribution in [2.45, 2.75) is 6.42 Å². The Labute approximate surface area is 887 Å². The summed E-state index contributed by atoms with van der Waals surface area (Å²) in [5.41, 5.74) is 49.4. The Balaban J connectivity index is 0.000000113. The van der Waals surface area contributed by atoms with Crippen LogP contribution in [0.4, 0.5) is 0 Å². The lowest BCUT2D eigenvalue weighted by molar-refractivity contribution is 1.18. The normalized spacial score (nSPS) is 11.3. The molecule has 1 aliphatic rings. The summed E-state index contributed by atoms with van der Waals surface area (Å²) in [6, 6.07) is 214. The van der Waals surface area contributed by atoms with Crippen LogP contribution in [0.5, 0.6) is 0 Å². The molecule has 149 heavy (non-hydrogen) atoms. The van der Waals surface area contributed by atoms with Gasteiger partial charge in [0.15, 0.2) is 0 Å². The third kappa shape index (κ3) is 18.5. The molecule has 0 aliphatic heterocycles. The van der Waals surface area contributed by atoms with Gasteiger partial charge in [-0.15, -0.1) is 0 Å². The van der Waals surface area contributed by atoms with Crippen LogP contribution in [-0.2, 0) is 6.42 Å². The molecule has 0 fully saturated rings. The summed E-state index contributed by atoms with van der Waals surface area (Å²) >= 11 is 7.33. The second kappa shape index (κ2) is 42.6. The lowest BCUT2D eigenvalue weighted by atomic mass is 9.77. The average Bonchev–Trinajstić information content (AvgIpc) is 1.57. The first kappa shape index (κ1) is 93.2. The molecule has 0 bridgehead atoms. The summed E-state index contributed by atoms with van der Waals surface area (Å²) in [7, 11) is 0. The van der Waals surface area contributed by atoms with Crippen molar-refractivity contribution in [3.63, 3.8) is 0 Å². The van der Waals surface area contributed by atoms with Crippen molar-refractivity contribution in [3.8, 4) is 189 Å². The predicted molar refractivity (Wildman–Crippen MR) is 640 cm³/mol. The van der Waals surface area contributed by atoms with E-state index in [1.807, 2.05) is 18.2 Å². The molecule has 0 unspecified atom stereocenters. The van der Waals surface area contributed by atoms with E-state index in [0.29, 0.717) is 0 Å². The van der Waals surface area contributed by atoms with E-state index in [4.69, 9.17) is 0 Å². The topological polar surface area (TPSA) is 9.86 Å². The second-order valence-electron chi connectivity index (χ2n) is 37.6. The molecule has 24 aromatic carbocycles. The highest BCUT2D eigenvalue weighted by atomic mass is 79.9. The molecule has 2 aromatic heterocycles. The zero-order valence-electron chi connectivity index (χ0n) is 81.9. The van der Waals surface area contributed by atoms with Crippen LogP contribution in [0.25, 0.3) is 233 Å². The van der Waals surface area contributed by atoms with Crippen molar-refractivity contribution >= 4 is 75.5 Å².